The first-order valence-electron chi connectivity index (χ1n) is 12.0. The molecular weight excluding hydrogens is 446 g/mol. The van der Waals surface area contributed by atoms with Crippen molar-refractivity contribution in [2.45, 2.75) is 6.54 Å². The molecule has 2 fully saturated rings. The van der Waals surface area contributed by atoms with Gasteiger partial charge >= 0.3 is 0 Å². The van der Waals surface area contributed by atoms with Crippen LogP contribution in [0, 0.1) is 0 Å². The fraction of sp³-hybridized carbons (Fsp3) is 0.385. The largest absolute Gasteiger partial charge is 0.378 e. The molecule has 182 valence electrons. The maximum Gasteiger partial charge on any atom is 0.275 e. The van der Waals surface area contributed by atoms with Crippen LogP contribution in [0.4, 0.5) is 0 Å². The quantitative estimate of drug-likeness (QED) is 0.549. The van der Waals surface area contributed by atoms with Crippen LogP contribution in [-0.2, 0) is 16.1 Å². The van der Waals surface area contributed by atoms with Crippen LogP contribution >= 0.6 is 0 Å². The number of piperazine rings is 1. The minimum absolute atomic E-state index is 0.105. The molecule has 0 aliphatic carbocycles. The van der Waals surface area contributed by atoms with Gasteiger partial charge in [0.15, 0.2) is 5.69 Å². The molecule has 0 radical (unpaired) electrons. The van der Waals surface area contributed by atoms with Crippen LogP contribution in [0.5, 0.6) is 0 Å². The fourth-order valence-electron chi connectivity index (χ4n) is 4.62. The van der Waals surface area contributed by atoms with E-state index in [4.69, 9.17) is 4.74 Å². The van der Waals surface area contributed by atoms with Gasteiger partial charge in [0.1, 0.15) is 0 Å². The summed E-state index contributed by atoms with van der Waals surface area (Å²) < 4.78 is 6.70. The minimum atomic E-state index is -0.215. The van der Waals surface area contributed by atoms with Gasteiger partial charge in [-0.2, -0.15) is 5.10 Å². The highest BCUT2D eigenvalue weighted by atomic mass is 16.5. The van der Waals surface area contributed by atoms with Crippen LogP contribution in [0.3, 0.4) is 0 Å². The molecule has 2 aliphatic rings. The van der Waals surface area contributed by atoms with Crippen molar-refractivity contribution in [1.29, 1.82) is 0 Å². The van der Waals surface area contributed by atoms with Gasteiger partial charge in [-0.05, 0) is 11.6 Å². The normalized spacial score (nSPS) is 17.0. The summed E-state index contributed by atoms with van der Waals surface area (Å²) >= 11 is 0. The van der Waals surface area contributed by atoms with Gasteiger partial charge in [0.2, 0.25) is 5.91 Å². The smallest absolute Gasteiger partial charge is 0.275 e. The van der Waals surface area contributed by atoms with Crippen molar-refractivity contribution in [3.63, 3.8) is 0 Å². The highest BCUT2D eigenvalue weighted by Crippen LogP contribution is 2.17. The van der Waals surface area contributed by atoms with E-state index in [-0.39, 0.29) is 23.1 Å². The van der Waals surface area contributed by atoms with E-state index in [0.29, 0.717) is 76.3 Å². The number of fused-ring (bicyclic) bond motifs is 1. The number of amides is 2. The predicted octanol–water partition coefficient (Wildman–Crippen LogP) is 1.06. The third-order valence-electron chi connectivity index (χ3n) is 6.63. The van der Waals surface area contributed by atoms with Gasteiger partial charge in [-0.15, -0.1) is 0 Å². The highest BCUT2D eigenvalue weighted by Gasteiger charge is 2.28. The summed E-state index contributed by atoms with van der Waals surface area (Å²) in [4.78, 5) is 44.9. The van der Waals surface area contributed by atoms with Gasteiger partial charge in [0.05, 0.1) is 31.7 Å². The van der Waals surface area contributed by atoms with E-state index in [9.17, 15) is 14.4 Å². The van der Waals surface area contributed by atoms with Crippen molar-refractivity contribution in [1.82, 2.24) is 24.5 Å². The summed E-state index contributed by atoms with van der Waals surface area (Å²) in [5.74, 6) is -0.0871. The molecule has 9 heteroatoms. The van der Waals surface area contributed by atoms with E-state index in [1.165, 1.54) is 4.68 Å². The first-order valence-corrected chi connectivity index (χ1v) is 12.0. The SMILES string of the molecule is O=C(CN1CCN(C(=O)c2nn(Cc3ccccc3)c(=O)c3ccccc23)CC1)N1CCOCC1. The summed E-state index contributed by atoms with van der Waals surface area (Å²) in [5.41, 5.74) is 1.01. The second-order valence-corrected chi connectivity index (χ2v) is 8.90. The van der Waals surface area contributed by atoms with Crippen molar-refractivity contribution in [2.75, 3.05) is 59.0 Å². The third-order valence-corrected chi connectivity index (χ3v) is 6.63. The van der Waals surface area contributed by atoms with Crippen molar-refractivity contribution in [3.8, 4) is 0 Å². The second kappa shape index (κ2) is 10.4. The Morgan fingerprint density at radius 1 is 0.800 bits per heavy atom. The number of carbonyl (C=O) groups is 2. The van der Waals surface area contributed by atoms with Gasteiger partial charge in [-0.25, -0.2) is 4.68 Å². The zero-order valence-electron chi connectivity index (χ0n) is 19.6. The molecule has 2 saturated heterocycles. The number of aromatic nitrogens is 2. The molecule has 3 aromatic rings. The van der Waals surface area contributed by atoms with E-state index < -0.39 is 0 Å². The number of morpholine rings is 1. The van der Waals surface area contributed by atoms with E-state index in [2.05, 4.69) is 10.00 Å². The van der Waals surface area contributed by atoms with Gasteiger partial charge in [0.25, 0.3) is 11.5 Å². The molecule has 0 N–H and O–H groups in total. The molecule has 35 heavy (non-hydrogen) atoms. The maximum atomic E-state index is 13.5. The molecule has 0 atom stereocenters. The average Bonchev–Trinajstić information content (AvgIpc) is 2.91. The Hall–Kier alpha value is -3.56. The molecule has 0 bridgehead atoms. The van der Waals surface area contributed by atoms with Gasteiger partial charge < -0.3 is 14.5 Å². The Morgan fingerprint density at radius 2 is 1.46 bits per heavy atom. The third kappa shape index (κ3) is 5.11. The number of hydrogen-bond acceptors (Lipinski definition) is 6. The van der Waals surface area contributed by atoms with Crippen LogP contribution in [-0.4, -0.2) is 95.3 Å². The molecule has 0 saturated carbocycles. The number of hydrogen-bond donors (Lipinski definition) is 0. The van der Waals surface area contributed by atoms with Crippen LogP contribution in [0.25, 0.3) is 10.8 Å². The first kappa shape index (κ1) is 23.2. The van der Waals surface area contributed by atoms with E-state index in [1.54, 1.807) is 23.1 Å². The van der Waals surface area contributed by atoms with E-state index in [1.807, 2.05) is 41.3 Å². The molecule has 0 unspecified atom stereocenters. The summed E-state index contributed by atoms with van der Waals surface area (Å²) in [5, 5.41) is 5.58. The molecule has 2 aliphatic heterocycles. The lowest BCUT2D eigenvalue weighted by Gasteiger charge is -2.36. The topological polar surface area (TPSA) is 88.0 Å². The Bertz CT molecular complexity index is 1260. The Labute approximate surface area is 203 Å². The van der Waals surface area contributed by atoms with Crippen LogP contribution < -0.4 is 5.56 Å². The number of ether oxygens (including phenoxy) is 1. The van der Waals surface area contributed by atoms with Crippen molar-refractivity contribution >= 4 is 22.6 Å². The van der Waals surface area contributed by atoms with Crippen molar-refractivity contribution in [3.05, 3.63) is 76.2 Å². The first-order chi connectivity index (χ1) is 17.1. The number of rotatable bonds is 5. The van der Waals surface area contributed by atoms with E-state index in [0.717, 1.165) is 5.56 Å². The molecule has 2 aromatic carbocycles. The maximum absolute atomic E-state index is 13.5. The van der Waals surface area contributed by atoms with Gasteiger partial charge in [-0.3, -0.25) is 19.3 Å². The lowest BCUT2D eigenvalue weighted by atomic mass is 10.1. The summed E-state index contributed by atoms with van der Waals surface area (Å²) in [6.45, 7) is 5.32. The second-order valence-electron chi connectivity index (χ2n) is 8.90. The Morgan fingerprint density at radius 3 is 2.17 bits per heavy atom. The predicted molar refractivity (Wildman–Crippen MR) is 131 cm³/mol. The van der Waals surface area contributed by atoms with Crippen LogP contribution in [0.2, 0.25) is 0 Å². The monoisotopic (exact) mass is 475 g/mol. The number of benzene rings is 2. The van der Waals surface area contributed by atoms with Crippen LogP contribution in [0.1, 0.15) is 16.1 Å². The lowest BCUT2D eigenvalue weighted by molar-refractivity contribution is -0.136. The van der Waals surface area contributed by atoms with Gasteiger partial charge in [0, 0.05) is 44.7 Å². The molecule has 3 heterocycles. The van der Waals surface area contributed by atoms with E-state index >= 15 is 0 Å². The zero-order valence-corrected chi connectivity index (χ0v) is 19.6. The highest BCUT2D eigenvalue weighted by molar-refractivity contribution is 6.04. The van der Waals surface area contributed by atoms with Crippen molar-refractivity contribution in [2.24, 2.45) is 0 Å². The van der Waals surface area contributed by atoms with Gasteiger partial charge in [-0.1, -0.05) is 48.5 Å². The number of nitrogens with zero attached hydrogens (tertiary/aromatic N) is 5. The molecule has 9 nitrogen and oxygen atoms in total. The average molecular weight is 476 g/mol. The molecule has 1 aromatic heterocycles. The molecule has 5 rings (SSSR count). The summed E-state index contributed by atoms with van der Waals surface area (Å²) in [6, 6.07) is 16.8. The molecule has 0 spiro atoms. The van der Waals surface area contributed by atoms with Crippen molar-refractivity contribution < 1.29 is 14.3 Å². The molecule has 2 amide bonds. The minimum Gasteiger partial charge on any atom is -0.378 e. The summed E-state index contributed by atoms with van der Waals surface area (Å²) in [6.07, 6.45) is 0. The molecular formula is C26H29N5O4. The standard InChI is InChI=1S/C26H29N5O4/c32-23(29-14-16-35-17-15-29)19-28-10-12-30(13-11-28)26(34)24-21-8-4-5-9-22(21)25(33)31(27-24)18-20-6-2-1-3-7-20/h1-9H,10-19H2. The summed E-state index contributed by atoms with van der Waals surface area (Å²) in [7, 11) is 0. The zero-order chi connectivity index (χ0) is 24.2. The fourth-order valence-corrected chi connectivity index (χ4v) is 4.62. The lowest BCUT2D eigenvalue weighted by Crippen LogP contribution is -2.52. The Balaban J connectivity index is 1.32. The Kier molecular flexibility index (Phi) is 6.87. The number of carbonyl (C=O) groups excluding carboxylic acids is 2. The van der Waals surface area contributed by atoms with Crippen LogP contribution in [0.15, 0.2) is 59.4 Å².